The number of hydrogen-bond acceptors (Lipinski definition) is 5. The maximum Gasteiger partial charge on any atom is 0.253 e. The number of carbonyl (C=O) groups excluding carboxylic acids is 2. The van der Waals surface area contributed by atoms with Crippen molar-refractivity contribution in [3.05, 3.63) is 53.9 Å². The van der Waals surface area contributed by atoms with Crippen molar-refractivity contribution >= 4 is 33.6 Å². The van der Waals surface area contributed by atoms with Crippen LogP contribution in [0.4, 0.5) is 0 Å². The average Bonchev–Trinajstić information content (AvgIpc) is 3.25. The highest BCUT2D eigenvalue weighted by Crippen LogP contribution is 2.21. The number of fused-ring (bicyclic) bond motifs is 1. The van der Waals surface area contributed by atoms with Crippen molar-refractivity contribution in [1.82, 2.24) is 25.4 Å². The summed E-state index contributed by atoms with van der Waals surface area (Å²) < 4.78 is 12.8. The van der Waals surface area contributed by atoms with E-state index in [0.29, 0.717) is 30.8 Å². The van der Waals surface area contributed by atoms with E-state index in [1.165, 1.54) is 6.20 Å². The lowest BCUT2D eigenvalue weighted by Crippen LogP contribution is -2.40. The maximum atomic E-state index is 12.8. The highest BCUT2D eigenvalue weighted by atomic mass is 32.2. The molecule has 0 aliphatic carbocycles. The molecule has 2 aromatic heterocycles. The molecule has 8 nitrogen and oxygen atoms in total. The molecule has 1 atom stereocenters. The SMILES string of the molecule is CC(=O)N1CCC(S(=O)c2ccc(CNC(=O)c3cnc4[nH]ncc4c3)cc2)CC1. The molecule has 0 bridgehead atoms. The molecular formula is C21H23N5O3S. The molecule has 156 valence electrons. The Labute approximate surface area is 176 Å². The van der Waals surface area contributed by atoms with E-state index in [1.807, 2.05) is 24.3 Å². The quantitative estimate of drug-likeness (QED) is 0.650. The molecule has 0 spiro atoms. The van der Waals surface area contributed by atoms with Crippen molar-refractivity contribution in [2.75, 3.05) is 13.1 Å². The summed E-state index contributed by atoms with van der Waals surface area (Å²) in [5.41, 5.74) is 2.04. The number of nitrogens with zero attached hydrogens (tertiary/aromatic N) is 3. The van der Waals surface area contributed by atoms with Gasteiger partial charge in [0, 0.05) is 48.3 Å². The Hall–Kier alpha value is -3.07. The first-order valence-corrected chi connectivity index (χ1v) is 11.0. The van der Waals surface area contributed by atoms with Gasteiger partial charge >= 0.3 is 0 Å². The third kappa shape index (κ3) is 4.40. The van der Waals surface area contributed by atoms with Gasteiger partial charge in [-0.2, -0.15) is 5.10 Å². The molecule has 1 aliphatic heterocycles. The molecule has 0 saturated carbocycles. The lowest BCUT2D eigenvalue weighted by atomic mass is 10.1. The smallest absolute Gasteiger partial charge is 0.253 e. The van der Waals surface area contributed by atoms with Crippen molar-refractivity contribution in [1.29, 1.82) is 0 Å². The number of nitrogens with one attached hydrogen (secondary N) is 2. The molecule has 9 heteroatoms. The number of carbonyl (C=O) groups is 2. The number of amides is 2. The minimum atomic E-state index is -1.10. The van der Waals surface area contributed by atoms with Gasteiger partial charge in [0.15, 0.2) is 5.65 Å². The molecule has 1 aliphatic rings. The number of pyridine rings is 1. The van der Waals surface area contributed by atoms with E-state index in [0.717, 1.165) is 28.7 Å². The Bertz CT molecular complexity index is 1090. The van der Waals surface area contributed by atoms with Crippen LogP contribution in [0.15, 0.2) is 47.6 Å². The minimum absolute atomic E-state index is 0.0662. The van der Waals surface area contributed by atoms with Gasteiger partial charge in [0.05, 0.1) is 22.6 Å². The number of piperidine rings is 1. The van der Waals surface area contributed by atoms with Crippen LogP contribution in [0.5, 0.6) is 0 Å². The number of benzene rings is 1. The summed E-state index contributed by atoms with van der Waals surface area (Å²) in [6.07, 6.45) is 4.64. The van der Waals surface area contributed by atoms with Crippen molar-refractivity contribution < 1.29 is 13.8 Å². The second-order valence-corrected chi connectivity index (χ2v) is 9.09. The number of hydrogen-bond donors (Lipinski definition) is 2. The van der Waals surface area contributed by atoms with Gasteiger partial charge in [-0.25, -0.2) is 4.98 Å². The van der Waals surface area contributed by atoms with Crippen molar-refractivity contribution in [2.24, 2.45) is 0 Å². The highest BCUT2D eigenvalue weighted by Gasteiger charge is 2.25. The third-order valence-corrected chi connectivity index (χ3v) is 7.17. The van der Waals surface area contributed by atoms with E-state index in [-0.39, 0.29) is 17.1 Å². The van der Waals surface area contributed by atoms with Gasteiger partial charge in [0.1, 0.15) is 0 Å². The van der Waals surface area contributed by atoms with E-state index in [2.05, 4.69) is 20.5 Å². The topological polar surface area (TPSA) is 108 Å². The van der Waals surface area contributed by atoms with Crippen LogP contribution < -0.4 is 5.32 Å². The maximum absolute atomic E-state index is 12.8. The lowest BCUT2D eigenvalue weighted by molar-refractivity contribution is -0.129. The first kappa shape index (κ1) is 20.2. The van der Waals surface area contributed by atoms with Crippen LogP contribution in [0.1, 0.15) is 35.7 Å². The summed E-state index contributed by atoms with van der Waals surface area (Å²) in [6, 6.07) is 9.22. The van der Waals surface area contributed by atoms with E-state index in [4.69, 9.17) is 0 Å². The second-order valence-electron chi connectivity index (χ2n) is 7.36. The van der Waals surface area contributed by atoms with Crippen LogP contribution in [0.25, 0.3) is 11.0 Å². The van der Waals surface area contributed by atoms with Crippen LogP contribution in [0.2, 0.25) is 0 Å². The number of H-pyrrole nitrogens is 1. The molecule has 2 N–H and O–H groups in total. The third-order valence-electron chi connectivity index (χ3n) is 5.35. The van der Waals surface area contributed by atoms with Gasteiger partial charge in [-0.1, -0.05) is 12.1 Å². The van der Waals surface area contributed by atoms with E-state index >= 15 is 0 Å². The summed E-state index contributed by atoms with van der Waals surface area (Å²) in [4.78, 5) is 30.6. The Morgan fingerprint density at radius 3 is 2.63 bits per heavy atom. The van der Waals surface area contributed by atoms with Crippen LogP contribution in [-0.4, -0.2) is 54.4 Å². The highest BCUT2D eigenvalue weighted by molar-refractivity contribution is 7.85. The molecule has 1 saturated heterocycles. The summed E-state index contributed by atoms with van der Waals surface area (Å²) in [7, 11) is -1.10. The standard InChI is InChI=1S/C21H23N5O3S/c1-14(27)26-8-6-19(7-9-26)30(29)18-4-2-15(3-5-18)11-23-21(28)17-10-16-13-24-25-20(16)22-12-17/h2-5,10,12-13,19H,6-9,11H2,1H3,(H,23,28)(H,22,24,25). The zero-order chi connectivity index (χ0) is 21.1. The molecule has 1 fully saturated rings. The predicted molar refractivity (Wildman–Crippen MR) is 113 cm³/mol. The van der Waals surface area contributed by atoms with E-state index in [1.54, 1.807) is 24.1 Å². The number of aromatic amines is 1. The van der Waals surface area contributed by atoms with Gasteiger partial charge in [-0.05, 0) is 36.6 Å². The van der Waals surface area contributed by atoms with Crippen LogP contribution in [0.3, 0.4) is 0 Å². The average molecular weight is 426 g/mol. The zero-order valence-corrected chi connectivity index (χ0v) is 17.4. The monoisotopic (exact) mass is 425 g/mol. The van der Waals surface area contributed by atoms with Gasteiger partial charge in [-0.3, -0.25) is 18.9 Å². The fourth-order valence-corrected chi connectivity index (χ4v) is 4.99. The fourth-order valence-electron chi connectivity index (χ4n) is 3.56. The van der Waals surface area contributed by atoms with E-state index in [9.17, 15) is 13.8 Å². The molecule has 4 rings (SSSR count). The Kier molecular flexibility index (Phi) is 5.89. The van der Waals surface area contributed by atoms with Crippen molar-refractivity contribution in [2.45, 2.75) is 36.5 Å². The molecule has 0 radical (unpaired) electrons. The summed E-state index contributed by atoms with van der Waals surface area (Å²) in [5, 5.41) is 10.4. The Balaban J connectivity index is 1.32. The van der Waals surface area contributed by atoms with Crippen LogP contribution in [-0.2, 0) is 22.1 Å². The largest absolute Gasteiger partial charge is 0.348 e. The predicted octanol–water partition coefficient (Wildman–Crippen LogP) is 2.01. The molecule has 1 unspecified atom stereocenters. The molecule has 30 heavy (non-hydrogen) atoms. The van der Waals surface area contributed by atoms with Crippen molar-refractivity contribution in [3.63, 3.8) is 0 Å². The normalized spacial score (nSPS) is 15.8. The first-order valence-electron chi connectivity index (χ1n) is 9.83. The minimum Gasteiger partial charge on any atom is -0.348 e. The zero-order valence-electron chi connectivity index (χ0n) is 16.6. The molecule has 3 heterocycles. The Morgan fingerprint density at radius 2 is 1.93 bits per heavy atom. The van der Waals surface area contributed by atoms with Crippen LogP contribution >= 0.6 is 0 Å². The summed E-state index contributed by atoms with van der Waals surface area (Å²) >= 11 is 0. The Morgan fingerprint density at radius 1 is 1.20 bits per heavy atom. The van der Waals surface area contributed by atoms with Gasteiger partial charge in [0.25, 0.3) is 5.91 Å². The van der Waals surface area contributed by atoms with E-state index < -0.39 is 10.8 Å². The van der Waals surface area contributed by atoms with Gasteiger partial charge in [0.2, 0.25) is 5.91 Å². The lowest BCUT2D eigenvalue weighted by Gasteiger charge is -2.30. The molecule has 3 aromatic rings. The molecule has 2 amide bonds. The molecule has 1 aromatic carbocycles. The van der Waals surface area contributed by atoms with Gasteiger partial charge < -0.3 is 10.2 Å². The number of aromatic nitrogens is 3. The molecular weight excluding hydrogens is 402 g/mol. The number of rotatable bonds is 5. The van der Waals surface area contributed by atoms with Gasteiger partial charge in [-0.15, -0.1) is 0 Å². The van der Waals surface area contributed by atoms with Crippen LogP contribution in [0, 0.1) is 0 Å². The van der Waals surface area contributed by atoms with Crippen molar-refractivity contribution in [3.8, 4) is 0 Å². The number of likely N-dealkylation sites (tertiary alicyclic amines) is 1. The fraction of sp³-hybridized carbons (Fsp3) is 0.333. The summed E-state index contributed by atoms with van der Waals surface area (Å²) in [6.45, 7) is 3.26. The summed E-state index contributed by atoms with van der Waals surface area (Å²) in [5.74, 6) is -0.137. The first-order chi connectivity index (χ1) is 14.5. The second kappa shape index (κ2) is 8.74.